The molecule has 1 aromatic carbocycles. The van der Waals surface area contributed by atoms with Crippen molar-refractivity contribution in [2.75, 3.05) is 20.7 Å². The highest BCUT2D eigenvalue weighted by molar-refractivity contribution is 5.94. The number of ether oxygens (including phenoxy) is 2. The summed E-state index contributed by atoms with van der Waals surface area (Å²) in [6, 6.07) is 5.53. The largest absolute Gasteiger partial charge is 0.493 e. The summed E-state index contributed by atoms with van der Waals surface area (Å²) in [5, 5.41) is 0. The van der Waals surface area contributed by atoms with E-state index in [-0.39, 0.29) is 30.5 Å². The predicted octanol–water partition coefficient (Wildman–Crippen LogP) is 3.88. The number of hydrogen-bond acceptors (Lipinski definition) is 4. The summed E-state index contributed by atoms with van der Waals surface area (Å²) in [4.78, 5) is 14.4. The Morgan fingerprint density at radius 3 is 2.50 bits per heavy atom. The summed E-state index contributed by atoms with van der Waals surface area (Å²) >= 11 is 0. The van der Waals surface area contributed by atoms with Gasteiger partial charge in [0.2, 0.25) is 0 Å². The third kappa shape index (κ3) is 6.06. The maximum absolute atomic E-state index is 12.6. The topological polar surface area (TPSA) is 64.8 Å². The minimum Gasteiger partial charge on any atom is -0.493 e. The molecule has 1 unspecified atom stereocenters. The highest BCUT2D eigenvalue weighted by Crippen LogP contribution is 2.32. The van der Waals surface area contributed by atoms with Crippen molar-refractivity contribution >= 4 is 18.3 Å². The summed E-state index contributed by atoms with van der Waals surface area (Å²) in [7, 11) is 3.42. The van der Waals surface area contributed by atoms with Crippen molar-refractivity contribution in [2.45, 2.75) is 58.1 Å². The number of carbonyl (C=O) groups excluding carboxylic acids is 1. The predicted molar refractivity (Wildman–Crippen MR) is 108 cm³/mol. The van der Waals surface area contributed by atoms with Gasteiger partial charge in [-0.1, -0.05) is 13.8 Å². The highest BCUT2D eigenvalue weighted by atomic mass is 35.5. The SMILES string of the molecule is COc1cc(C(=O)N(C)CCC(N)C(C)C)ccc1OC1CCCC1.Cl. The molecule has 2 rings (SSSR count). The van der Waals surface area contributed by atoms with Gasteiger partial charge in [-0.05, 0) is 56.2 Å². The van der Waals surface area contributed by atoms with Gasteiger partial charge in [0.15, 0.2) is 11.5 Å². The summed E-state index contributed by atoms with van der Waals surface area (Å²) in [6.45, 7) is 4.83. The van der Waals surface area contributed by atoms with Gasteiger partial charge in [0.1, 0.15) is 0 Å². The van der Waals surface area contributed by atoms with E-state index in [1.807, 2.05) is 19.2 Å². The molecular formula is C20H33ClN2O3. The molecule has 1 aromatic rings. The molecule has 0 heterocycles. The first kappa shape index (κ1) is 22.6. The van der Waals surface area contributed by atoms with Crippen LogP contribution in [0.3, 0.4) is 0 Å². The maximum Gasteiger partial charge on any atom is 0.253 e. The number of amides is 1. The number of hydrogen-bond donors (Lipinski definition) is 1. The van der Waals surface area contributed by atoms with Crippen LogP contribution in [-0.2, 0) is 0 Å². The van der Waals surface area contributed by atoms with Gasteiger partial charge in [-0.3, -0.25) is 4.79 Å². The van der Waals surface area contributed by atoms with Crippen molar-refractivity contribution in [3.63, 3.8) is 0 Å². The average Bonchev–Trinajstić information content (AvgIpc) is 3.11. The summed E-state index contributed by atoms with van der Waals surface area (Å²) in [6.07, 6.45) is 5.65. The summed E-state index contributed by atoms with van der Waals surface area (Å²) in [5.74, 6) is 1.72. The number of methoxy groups -OCH3 is 1. The quantitative estimate of drug-likeness (QED) is 0.738. The van der Waals surface area contributed by atoms with E-state index in [4.69, 9.17) is 15.2 Å². The second-order valence-corrected chi connectivity index (χ2v) is 7.31. The third-order valence-corrected chi connectivity index (χ3v) is 5.01. The minimum absolute atomic E-state index is 0. The van der Waals surface area contributed by atoms with Crippen molar-refractivity contribution in [1.29, 1.82) is 0 Å². The lowest BCUT2D eigenvalue weighted by molar-refractivity contribution is 0.0788. The third-order valence-electron chi connectivity index (χ3n) is 5.01. The number of benzene rings is 1. The molecule has 0 bridgehead atoms. The fourth-order valence-corrected chi connectivity index (χ4v) is 3.08. The van der Waals surface area contributed by atoms with Crippen LogP contribution in [0.15, 0.2) is 18.2 Å². The van der Waals surface area contributed by atoms with Crippen LogP contribution in [0, 0.1) is 5.92 Å². The molecule has 0 radical (unpaired) electrons. The molecule has 0 saturated heterocycles. The van der Waals surface area contributed by atoms with Crippen LogP contribution in [0.1, 0.15) is 56.3 Å². The molecule has 1 fully saturated rings. The Morgan fingerprint density at radius 2 is 1.92 bits per heavy atom. The van der Waals surface area contributed by atoms with Crippen molar-refractivity contribution in [2.24, 2.45) is 11.7 Å². The summed E-state index contributed by atoms with van der Waals surface area (Å²) < 4.78 is 11.5. The Labute approximate surface area is 163 Å². The molecule has 1 atom stereocenters. The molecule has 1 aliphatic rings. The van der Waals surface area contributed by atoms with Gasteiger partial charge in [0.25, 0.3) is 5.91 Å². The normalized spacial score (nSPS) is 15.5. The van der Waals surface area contributed by atoms with Gasteiger partial charge in [-0.2, -0.15) is 0 Å². The first-order valence-corrected chi connectivity index (χ1v) is 9.28. The van der Waals surface area contributed by atoms with Gasteiger partial charge < -0.3 is 20.1 Å². The maximum atomic E-state index is 12.6. The fraction of sp³-hybridized carbons (Fsp3) is 0.650. The van der Waals surface area contributed by atoms with E-state index in [9.17, 15) is 4.79 Å². The van der Waals surface area contributed by atoms with Gasteiger partial charge in [-0.15, -0.1) is 12.4 Å². The van der Waals surface area contributed by atoms with E-state index in [0.717, 1.165) is 25.0 Å². The van der Waals surface area contributed by atoms with Crippen molar-refractivity contribution in [3.05, 3.63) is 23.8 Å². The van der Waals surface area contributed by atoms with E-state index in [2.05, 4.69) is 13.8 Å². The molecule has 1 aliphatic carbocycles. The highest BCUT2D eigenvalue weighted by Gasteiger charge is 2.20. The van der Waals surface area contributed by atoms with E-state index in [1.165, 1.54) is 12.8 Å². The summed E-state index contributed by atoms with van der Waals surface area (Å²) in [5.41, 5.74) is 6.68. The van der Waals surface area contributed by atoms with Gasteiger partial charge in [-0.25, -0.2) is 0 Å². The van der Waals surface area contributed by atoms with Gasteiger partial charge in [0.05, 0.1) is 13.2 Å². The Bertz CT molecular complexity index is 574. The first-order valence-electron chi connectivity index (χ1n) is 9.28. The Balaban J connectivity index is 0.00000338. The number of nitrogens with zero attached hydrogens (tertiary/aromatic N) is 1. The van der Waals surface area contributed by atoms with Crippen LogP contribution in [0.5, 0.6) is 11.5 Å². The molecule has 6 heteroatoms. The van der Waals surface area contributed by atoms with Crippen molar-refractivity contribution < 1.29 is 14.3 Å². The molecule has 5 nitrogen and oxygen atoms in total. The molecule has 1 amide bonds. The van der Waals surface area contributed by atoms with Crippen LogP contribution < -0.4 is 15.2 Å². The molecule has 1 saturated carbocycles. The number of halogens is 1. The minimum atomic E-state index is -0.0262. The molecular weight excluding hydrogens is 352 g/mol. The standard InChI is InChI=1S/C20H32N2O3.ClH/c1-14(2)17(21)11-12-22(3)20(23)15-9-10-18(19(13-15)24-4)25-16-7-5-6-8-16;/h9-10,13-14,16-17H,5-8,11-12,21H2,1-4H3;1H. The fourth-order valence-electron chi connectivity index (χ4n) is 3.08. The second-order valence-electron chi connectivity index (χ2n) is 7.31. The van der Waals surface area contributed by atoms with Crippen molar-refractivity contribution in [1.82, 2.24) is 4.90 Å². The van der Waals surface area contributed by atoms with Crippen molar-refractivity contribution in [3.8, 4) is 11.5 Å². The molecule has 26 heavy (non-hydrogen) atoms. The van der Waals surface area contributed by atoms with E-state index in [0.29, 0.717) is 23.8 Å². The van der Waals surface area contributed by atoms with E-state index < -0.39 is 0 Å². The lowest BCUT2D eigenvalue weighted by Gasteiger charge is -2.22. The van der Waals surface area contributed by atoms with Gasteiger partial charge >= 0.3 is 0 Å². The molecule has 2 N–H and O–H groups in total. The lowest BCUT2D eigenvalue weighted by Crippen LogP contribution is -2.34. The molecule has 148 valence electrons. The number of rotatable bonds is 8. The number of nitrogens with two attached hydrogens (primary N) is 1. The average molecular weight is 385 g/mol. The smallest absolute Gasteiger partial charge is 0.253 e. The zero-order chi connectivity index (χ0) is 18.4. The van der Waals surface area contributed by atoms with Gasteiger partial charge in [0, 0.05) is 25.2 Å². The molecule has 0 spiro atoms. The second kappa shape index (κ2) is 10.6. The van der Waals surface area contributed by atoms with E-state index >= 15 is 0 Å². The van der Waals surface area contributed by atoms with Crippen LogP contribution in [0.25, 0.3) is 0 Å². The van der Waals surface area contributed by atoms with E-state index in [1.54, 1.807) is 18.1 Å². The number of carbonyl (C=O) groups is 1. The zero-order valence-electron chi connectivity index (χ0n) is 16.4. The Kier molecular flexibility index (Phi) is 9.23. The molecule has 0 aliphatic heterocycles. The Morgan fingerprint density at radius 1 is 1.27 bits per heavy atom. The monoisotopic (exact) mass is 384 g/mol. The first-order chi connectivity index (χ1) is 11.9. The van der Waals surface area contributed by atoms with Crippen LogP contribution in [-0.4, -0.2) is 43.7 Å². The van der Waals surface area contributed by atoms with Crippen LogP contribution in [0.4, 0.5) is 0 Å². The zero-order valence-corrected chi connectivity index (χ0v) is 17.2. The molecule has 0 aromatic heterocycles. The van der Waals surface area contributed by atoms with Crippen LogP contribution in [0.2, 0.25) is 0 Å². The van der Waals surface area contributed by atoms with Crippen LogP contribution >= 0.6 is 12.4 Å². The lowest BCUT2D eigenvalue weighted by atomic mass is 10.0. The Hall–Kier alpha value is -1.46.